The predicted octanol–water partition coefficient (Wildman–Crippen LogP) is 5.60. The van der Waals surface area contributed by atoms with Crippen LogP contribution in [-0.4, -0.2) is 90.8 Å². The maximum atomic E-state index is 12.9. The highest BCUT2D eigenvalue weighted by Gasteiger charge is 2.51. The summed E-state index contributed by atoms with van der Waals surface area (Å²) in [6.07, 6.45) is 2.25. The van der Waals surface area contributed by atoms with Crippen LogP contribution in [0.1, 0.15) is 24.8 Å². The van der Waals surface area contributed by atoms with Gasteiger partial charge in [0.15, 0.2) is 11.2 Å². The van der Waals surface area contributed by atoms with E-state index in [1.165, 1.54) is 14.2 Å². The van der Waals surface area contributed by atoms with Crippen molar-refractivity contribution in [3.63, 3.8) is 0 Å². The number of carbonyl (C=O) groups is 2. The third kappa shape index (κ3) is 8.09. The third-order valence-electron chi connectivity index (χ3n) is 8.10. The van der Waals surface area contributed by atoms with E-state index in [1.807, 2.05) is 12.1 Å². The lowest BCUT2D eigenvalue weighted by Gasteiger charge is -2.33. The minimum Gasteiger partial charge on any atom is -0.495 e. The first-order chi connectivity index (χ1) is 23.8. The van der Waals surface area contributed by atoms with Crippen molar-refractivity contribution >= 4 is 119 Å². The van der Waals surface area contributed by atoms with E-state index in [9.17, 15) is 19.8 Å². The number of aliphatic hydroxyl groups excluding tert-OH is 2. The van der Waals surface area contributed by atoms with Gasteiger partial charge in [-0.15, -0.1) is 0 Å². The average Bonchev–Trinajstić information content (AvgIpc) is 3.70. The van der Waals surface area contributed by atoms with Crippen molar-refractivity contribution in [1.82, 2.24) is 10.6 Å². The molecule has 5 rings (SSSR count). The van der Waals surface area contributed by atoms with Crippen LogP contribution in [0, 0.1) is 0 Å². The molecule has 4 aliphatic rings. The van der Waals surface area contributed by atoms with Crippen molar-refractivity contribution in [2.45, 2.75) is 49.1 Å². The summed E-state index contributed by atoms with van der Waals surface area (Å²) in [7, 11) is 2.97. The summed E-state index contributed by atoms with van der Waals surface area (Å²) in [6, 6.07) is 3.81. The summed E-state index contributed by atoms with van der Waals surface area (Å²) in [5.41, 5.74) is -1.20. The molecule has 4 N–H and O–H groups in total. The van der Waals surface area contributed by atoms with Crippen LogP contribution in [0.2, 0.25) is 0 Å². The molecule has 4 atom stereocenters. The van der Waals surface area contributed by atoms with Gasteiger partial charge in [0.2, 0.25) is 0 Å². The maximum Gasteiger partial charge on any atom is 0.269 e. The Morgan fingerprint density at radius 2 is 1.28 bits per heavy atom. The molecule has 2 spiro atoms. The van der Waals surface area contributed by atoms with Crippen molar-refractivity contribution in [1.29, 1.82) is 0 Å². The van der Waals surface area contributed by atoms with Crippen molar-refractivity contribution in [2.24, 2.45) is 10.3 Å². The largest absolute Gasteiger partial charge is 0.495 e. The quantitative estimate of drug-likeness (QED) is 0.195. The van der Waals surface area contributed by atoms with Gasteiger partial charge in [-0.1, -0.05) is 10.3 Å². The second-order valence-corrected chi connectivity index (χ2v) is 16.6. The molecule has 1 aromatic rings. The fourth-order valence-electron chi connectivity index (χ4n) is 5.50. The van der Waals surface area contributed by atoms with Crippen LogP contribution in [0.4, 0.5) is 0 Å². The molecule has 2 heterocycles. The molecule has 2 amide bonds. The minimum absolute atomic E-state index is 0.0728. The summed E-state index contributed by atoms with van der Waals surface area (Å²) in [6.45, 7) is 0.968. The first-order valence-corrected chi connectivity index (χ1v) is 19.7. The Bertz CT molecular complexity index is 1740. The van der Waals surface area contributed by atoms with Crippen LogP contribution < -0.4 is 15.4 Å². The van der Waals surface area contributed by atoms with Gasteiger partial charge in [0.05, 0.1) is 47.7 Å². The lowest BCUT2D eigenvalue weighted by atomic mass is 9.87. The molecule has 2 aliphatic heterocycles. The number of ether oxygens (including phenoxy) is 3. The van der Waals surface area contributed by atoms with E-state index in [4.69, 9.17) is 23.9 Å². The van der Waals surface area contributed by atoms with Crippen molar-refractivity contribution < 1.29 is 43.7 Å². The van der Waals surface area contributed by atoms with Crippen LogP contribution in [0.25, 0.3) is 0 Å². The normalized spacial score (nSPS) is 25.8. The smallest absolute Gasteiger partial charge is 0.269 e. The Hall–Kier alpha value is -1.74. The van der Waals surface area contributed by atoms with Gasteiger partial charge < -0.3 is 44.7 Å². The number of hydrogen-bond acceptors (Lipinski definition) is 11. The molecular weight excluding hydrogens is 1050 g/mol. The lowest BCUT2D eigenvalue weighted by molar-refractivity contribution is -0.115. The molecule has 270 valence electrons. The standard InChI is InChI=1S/C31H30Br6N4O9/c1-46-24-17(34)10-30(26(42)21(24)36)12-19(40-49-30)28(44)38-5-3-7-48-23-15(32)8-14(9-16(23)33)4-6-39-29(45)20-13-31(50-41-20)11-18(35)25(47-2)22(37)27(31)43/h8-11,26-27,42-43H,3-7,12-13H2,1-2H3,(H,38,44)(H,39,45)/t26-,27-,30+,31+/m0/s1. The molecule has 0 unspecified atom stereocenters. The number of nitrogens with one attached hydrogen (secondary N) is 2. The topological polar surface area (TPSA) is 170 Å². The summed E-state index contributed by atoms with van der Waals surface area (Å²) in [5.74, 6) is 0.677. The molecule has 13 nitrogen and oxygen atoms in total. The highest BCUT2D eigenvalue weighted by molar-refractivity contribution is 9.12. The predicted molar refractivity (Wildman–Crippen MR) is 205 cm³/mol. The number of rotatable bonds is 12. The van der Waals surface area contributed by atoms with Crippen LogP contribution in [-0.2, 0) is 35.2 Å². The van der Waals surface area contributed by atoms with Crippen LogP contribution in [0.15, 0.2) is 73.0 Å². The number of amides is 2. The third-order valence-corrected chi connectivity index (χ3v) is 12.0. The number of carbonyl (C=O) groups excluding carboxylic acids is 2. The molecule has 2 aliphatic carbocycles. The first kappa shape index (κ1) is 39.5. The van der Waals surface area contributed by atoms with Gasteiger partial charge in [-0.25, -0.2) is 0 Å². The van der Waals surface area contributed by atoms with E-state index in [2.05, 4.69) is 117 Å². The van der Waals surface area contributed by atoms with Gasteiger partial charge in [0, 0.05) is 25.9 Å². The number of methoxy groups -OCH3 is 2. The zero-order valence-electron chi connectivity index (χ0n) is 26.3. The highest BCUT2D eigenvalue weighted by Crippen LogP contribution is 2.45. The molecule has 19 heteroatoms. The Balaban J connectivity index is 1.04. The summed E-state index contributed by atoms with van der Waals surface area (Å²) in [4.78, 5) is 36.8. The molecule has 50 heavy (non-hydrogen) atoms. The second kappa shape index (κ2) is 16.5. The molecule has 0 aromatic heterocycles. The van der Waals surface area contributed by atoms with E-state index in [1.54, 1.807) is 12.2 Å². The minimum atomic E-state index is -1.23. The number of allylic oxidation sites excluding steroid dienone is 2. The number of oxime groups is 2. The highest BCUT2D eigenvalue weighted by atomic mass is 79.9. The summed E-state index contributed by atoms with van der Waals surface area (Å²) < 4.78 is 19.9. The molecule has 0 bridgehead atoms. The molecule has 0 fully saturated rings. The number of aliphatic hydroxyl groups is 2. The van der Waals surface area contributed by atoms with E-state index in [-0.39, 0.29) is 24.3 Å². The van der Waals surface area contributed by atoms with Crippen LogP contribution >= 0.6 is 95.6 Å². The fourth-order valence-corrected chi connectivity index (χ4v) is 10.6. The first-order valence-electron chi connectivity index (χ1n) is 14.9. The van der Waals surface area contributed by atoms with E-state index in [0.29, 0.717) is 67.7 Å². The summed E-state index contributed by atoms with van der Waals surface area (Å²) in [5, 5.41) is 35.2. The number of nitrogens with zero attached hydrogens (tertiary/aromatic N) is 2. The summed E-state index contributed by atoms with van der Waals surface area (Å²) >= 11 is 20.6. The SMILES string of the molecule is COC1=C(Br)[C@H](O)[C@@]2(C=C1Br)CC(C(=O)NCCCOc1c(Br)cc(CCNC(=O)C3=NO[C@]4(C=C(Br)C(OC)=C(Br)[C@@H]4O)C3)cc1Br)=NO2. The Morgan fingerprint density at radius 1 is 0.820 bits per heavy atom. The van der Waals surface area contributed by atoms with Crippen molar-refractivity contribution in [3.05, 3.63) is 68.2 Å². The van der Waals surface area contributed by atoms with Gasteiger partial charge in [-0.05, 0) is 138 Å². The number of benzene rings is 1. The van der Waals surface area contributed by atoms with Gasteiger partial charge in [0.25, 0.3) is 11.8 Å². The fraction of sp³-hybridized carbons (Fsp3) is 0.419. The molecular formula is C31H30Br6N4O9. The molecule has 0 saturated heterocycles. The van der Waals surface area contributed by atoms with Gasteiger partial charge >= 0.3 is 0 Å². The number of halogens is 6. The zero-order chi connectivity index (χ0) is 36.4. The monoisotopic (exact) mass is 1080 g/mol. The molecule has 0 saturated carbocycles. The lowest BCUT2D eigenvalue weighted by Crippen LogP contribution is -2.45. The van der Waals surface area contributed by atoms with Gasteiger partial charge in [-0.2, -0.15) is 0 Å². The van der Waals surface area contributed by atoms with Crippen molar-refractivity contribution in [3.8, 4) is 5.75 Å². The Labute approximate surface area is 337 Å². The van der Waals surface area contributed by atoms with E-state index in [0.717, 1.165) is 14.5 Å². The van der Waals surface area contributed by atoms with E-state index >= 15 is 0 Å². The van der Waals surface area contributed by atoms with Crippen LogP contribution in [0.3, 0.4) is 0 Å². The number of hydrogen-bond donors (Lipinski definition) is 4. The second-order valence-electron chi connectivity index (χ2n) is 11.4. The molecule has 1 aromatic carbocycles. The average molecular weight is 1080 g/mol. The van der Waals surface area contributed by atoms with Crippen molar-refractivity contribution in [2.75, 3.05) is 33.9 Å². The van der Waals surface area contributed by atoms with E-state index < -0.39 is 35.2 Å². The maximum absolute atomic E-state index is 12.9. The van der Waals surface area contributed by atoms with Crippen LogP contribution in [0.5, 0.6) is 5.75 Å². The Kier molecular flexibility index (Phi) is 13.0. The zero-order valence-corrected chi connectivity index (χ0v) is 35.8. The molecule has 0 radical (unpaired) electrons. The van der Waals surface area contributed by atoms with Gasteiger partial charge in [-0.3, -0.25) is 9.59 Å². The Morgan fingerprint density at radius 3 is 1.74 bits per heavy atom. The van der Waals surface area contributed by atoms with Gasteiger partial charge in [0.1, 0.15) is 40.9 Å².